The van der Waals surface area contributed by atoms with Crippen LogP contribution in [0.5, 0.6) is 0 Å². The smallest absolute Gasteiger partial charge is 0.126 e. The summed E-state index contributed by atoms with van der Waals surface area (Å²) in [4.78, 5) is 0.850. The lowest BCUT2D eigenvalue weighted by Crippen LogP contribution is -2.29. The van der Waals surface area contributed by atoms with Gasteiger partial charge < -0.3 is 0 Å². The maximum absolute atomic E-state index is 13.2. The summed E-state index contributed by atoms with van der Waals surface area (Å²) in [6, 6.07) is 8.86. The third-order valence-corrected chi connectivity index (χ3v) is 3.82. The molecule has 0 bridgehead atoms. The monoisotopic (exact) mass is 298 g/mol. The SMILES string of the molecule is NNC(CSc1ccc(F)cc1)c1cc(F)cc(F)c1. The molecule has 2 aromatic rings. The zero-order valence-corrected chi connectivity index (χ0v) is 11.3. The molecule has 1 atom stereocenters. The first-order valence-electron chi connectivity index (χ1n) is 5.89. The number of hydrogen-bond donors (Lipinski definition) is 2. The quantitative estimate of drug-likeness (QED) is 0.505. The van der Waals surface area contributed by atoms with E-state index in [4.69, 9.17) is 5.84 Å². The summed E-state index contributed by atoms with van der Waals surface area (Å²) < 4.78 is 39.1. The number of rotatable bonds is 5. The highest BCUT2D eigenvalue weighted by Gasteiger charge is 2.12. The molecule has 2 rings (SSSR count). The van der Waals surface area contributed by atoms with Gasteiger partial charge in [-0.05, 0) is 42.0 Å². The molecule has 0 heterocycles. The first-order chi connectivity index (χ1) is 9.58. The Balaban J connectivity index is 2.07. The number of benzene rings is 2. The maximum Gasteiger partial charge on any atom is 0.126 e. The van der Waals surface area contributed by atoms with Crippen molar-refractivity contribution in [3.63, 3.8) is 0 Å². The maximum atomic E-state index is 13.2. The van der Waals surface area contributed by atoms with Crippen LogP contribution in [0.1, 0.15) is 11.6 Å². The standard InChI is InChI=1S/C14H13F3N2S/c15-10-1-3-13(4-2-10)20-8-14(19-18)9-5-11(16)7-12(17)6-9/h1-7,14,19H,8,18H2. The summed E-state index contributed by atoms with van der Waals surface area (Å²) in [6.07, 6.45) is 0. The van der Waals surface area contributed by atoms with E-state index >= 15 is 0 Å². The largest absolute Gasteiger partial charge is 0.271 e. The first-order valence-corrected chi connectivity index (χ1v) is 6.87. The van der Waals surface area contributed by atoms with Crippen LogP contribution in [-0.4, -0.2) is 5.75 Å². The molecule has 6 heteroatoms. The van der Waals surface area contributed by atoms with Crippen LogP contribution in [0.25, 0.3) is 0 Å². The summed E-state index contributed by atoms with van der Waals surface area (Å²) in [5, 5.41) is 0. The van der Waals surface area contributed by atoms with Crippen molar-refractivity contribution >= 4 is 11.8 Å². The molecule has 0 fully saturated rings. The molecule has 0 radical (unpaired) electrons. The summed E-state index contributed by atoms with van der Waals surface area (Å²) >= 11 is 1.41. The minimum absolute atomic E-state index is 0.310. The Morgan fingerprint density at radius 2 is 1.55 bits per heavy atom. The van der Waals surface area contributed by atoms with Gasteiger partial charge >= 0.3 is 0 Å². The van der Waals surface area contributed by atoms with Gasteiger partial charge in [-0.1, -0.05) is 0 Å². The topological polar surface area (TPSA) is 38.0 Å². The molecule has 0 amide bonds. The van der Waals surface area contributed by atoms with Gasteiger partial charge in [-0.15, -0.1) is 11.8 Å². The van der Waals surface area contributed by atoms with E-state index < -0.39 is 17.7 Å². The van der Waals surface area contributed by atoms with E-state index in [2.05, 4.69) is 5.43 Å². The minimum atomic E-state index is -0.646. The van der Waals surface area contributed by atoms with E-state index in [1.54, 1.807) is 12.1 Å². The molecular weight excluding hydrogens is 285 g/mol. The molecule has 1 unspecified atom stereocenters. The fourth-order valence-corrected chi connectivity index (χ4v) is 2.70. The molecule has 0 spiro atoms. The second-order valence-electron chi connectivity index (χ2n) is 4.19. The number of hydrazine groups is 1. The molecule has 0 aliphatic rings. The van der Waals surface area contributed by atoms with Gasteiger partial charge in [-0.2, -0.15) is 0 Å². The lowest BCUT2D eigenvalue weighted by molar-refractivity contribution is 0.559. The summed E-state index contributed by atoms with van der Waals surface area (Å²) in [7, 11) is 0. The van der Waals surface area contributed by atoms with E-state index in [0.717, 1.165) is 11.0 Å². The third kappa shape index (κ3) is 4.00. The minimum Gasteiger partial charge on any atom is -0.271 e. The Labute approximate surface area is 119 Å². The zero-order valence-electron chi connectivity index (χ0n) is 10.4. The van der Waals surface area contributed by atoms with Crippen LogP contribution >= 0.6 is 11.8 Å². The van der Waals surface area contributed by atoms with Crippen LogP contribution in [-0.2, 0) is 0 Å². The second-order valence-corrected chi connectivity index (χ2v) is 5.28. The van der Waals surface area contributed by atoms with Crippen molar-refractivity contribution in [1.29, 1.82) is 0 Å². The van der Waals surface area contributed by atoms with Crippen molar-refractivity contribution in [3.8, 4) is 0 Å². The lowest BCUT2D eigenvalue weighted by atomic mass is 10.1. The summed E-state index contributed by atoms with van der Waals surface area (Å²) in [5.41, 5.74) is 2.96. The normalized spacial score (nSPS) is 12.4. The first kappa shape index (κ1) is 14.9. The number of nitrogens with one attached hydrogen (secondary N) is 1. The molecule has 2 aromatic carbocycles. The third-order valence-electron chi connectivity index (χ3n) is 2.72. The fraction of sp³-hybridized carbons (Fsp3) is 0.143. The van der Waals surface area contributed by atoms with Crippen molar-refractivity contribution < 1.29 is 13.2 Å². The molecule has 0 aliphatic heterocycles. The van der Waals surface area contributed by atoms with Crippen LogP contribution < -0.4 is 11.3 Å². The molecule has 106 valence electrons. The van der Waals surface area contributed by atoms with Gasteiger partial charge in [0.05, 0.1) is 6.04 Å². The summed E-state index contributed by atoms with van der Waals surface area (Å²) in [6.45, 7) is 0. The number of thioether (sulfide) groups is 1. The zero-order chi connectivity index (χ0) is 14.5. The Kier molecular flexibility index (Phi) is 5.05. The lowest BCUT2D eigenvalue weighted by Gasteiger charge is -2.16. The highest BCUT2D eigenvalue weighted by Crippen LogP contribution is 2.25. The van der Waals surface area contributed by atoms with Crippen LogP contribution in [0.3, 0.4) is 0 Å². The van der Waals surface area contributed by atoms with E-state index in [0.29, 0.717) is 11.3 Å². The highest BCUT2D eigenvalue weighted by molar-refractivity contribution is 7.99. The fourth-order valence-electron chi connectivity index (χ4n) is 1.73. The van der Waals surface area contributed by atoms with Crippen LogP contribution in [0, 0.1) is 17.5 Å². The molecular formula is C14H13F3N2S. The molecule has 2 nitrogen and oxygen atoms in total. The van der Waals surface area contributed by atoms with Gasteiger partial charge in [-0.25, -0.2) is 13.2 Å². The predicted octanol–water partition coefficient (Wildman–Crippen LogP) is 3.40. The van der Waals surface area contributed by atoms with Crippen LogP contribution in [0.15, 0.2) is 47.4 Å². The molecule has 20 heavy (non-hydrogen) atoms. The van der Waals surface area contributed by atoms with Crippen molar-refractivity contribution in [2.24, 2.45) is 5.84 Å². The Bertz CT molecular complexity index is 555. The van der Waals surface area contributed by atoms with Crippen LogP contribution in [0.2, 0.25) is 0 Å². The Morgan fingerprint density at radius 3 is 2.10 bits per heavy atom. The number of nitrogens with two attached hydrogens (primary N) is 1. The van der Waals surface area contributed by atoms with Crippen molar-refractivity contribution in [3.05, 3.63) is 65.5 Å². The van der Waals surface area contributed by atoms with Gasteiger partial charge in [0, 0.05) is 16.7 Å². The van der Waals surface area contributed by atoms with Gasteiger partial charge in [0.25, 0.3) is 0 Å². The Hall–Kier alpha value is -1.50. The van der Waals surface area contributed by atoms with Crippen molar-refractivity contribution in [1.82, 2.24) is 5.43 Å². The average molecular weight is 298 g/mol. The molecule has 0 saturated heterocycles. The number of hydrogen-bond acceptors (Lipinski definition) is 3. The molecule has 3 N–H and O–H groups in total. The van der Waals surface area contributed by atoms with E-state index in [-0.39, 0.29) is 5.82 Å². The van der Waals surface area contributed by atoms with Gasteiger partial charge in [0.1, 0.15) is 17.5 Å². The molecule has 0 aliphatic carbocycles. The average Bonchev–Trinajstić information content (AvgIpc) is 2.40. The van der Waals surface area contributed by atoms with E-state index in [1.807, 2.05) is 0 Å². The number of halogens is 3. The summed E-state index contributed by atoms with van der Waals surface area (Å²) in [5.74, 6) is 4.29. The van der Waals surface area contributed by atoms with Gasteiger partial charge in [0.15, 0.2) is 0 Å². The molecule has 0 saturated carbocycles. The van der Waals surface area contributed by atoms with Crippen LogP contribution in [0.4, 0.5) is 13.2 Å². The highest BCUT2D eigenvalue weighted by atomic mass is 32.2. The van der Waals surface area contributed by atoms with Crippen molar-refractivity contribution in [2.45, 2.75) is 10.9 Å². The van der Waals surface area contributed by atoms with E-state index in [1.165, 1.54) is 36.0 Å². The molecule has 0 aromatic heterocycles. The van der Waals surface area contributed by atoms with Crippen molar-refractivity contribution in [2.75, 3.05) is 5.75 Å². The second kappa shape index (κ2) is 6.78. The van der Waals surface area contributed by atoms with Gasteiger partial charge in [-0.3, -0.25) is 11.3 Å². The van der Waals surface area contributed by atoms with Gasteiger partial charge in [0.2, 0.25) is 0 Å². The predicted molar refractivity (Wildman–Crippen MR) is 73.5 cm³/mol. The van der Waals surface area contributed by atoms with E-state index in [9.17, 15) is 13.2 Å². The Morgan fingerprint density at radius 1 is 0.950 bits per heavy atom.